The van der Waals surface area contributed by atoms with Gasteiger partial charge in [0.15, 0.2) is 0 Å². The van der Waals surface area contributed by atoms with Gasteiger partial charge in [-0.25, -0.2) is 0 Å². The topological polar surface area (TPSA) is 25.8 Å². The van der Waals surface area contributed by atoms with Crippen molar-refractivity contribution in [2.24, 2.45) is 0 Å². The number of thioether (sulfide) groups is 2. The van der Waals surface area contributed by atoms with Gasteiger partial charge in [0.2, 0.25) is 0 Å². The second kappa shape index (κ2) is 9.19. The number of aromatic nitrogens is 2. The van der Waals surface area contributed by atoms with Crippen LogP contribution in [0.15, 0.2) is 82.7 Å². The van der Waals surface area contributed by atoms with Crippen LogP contribution in [0, 0.1) is 0 Å². The van der Waals surface area contributed by atoms with Gasteiger partial charge in [0.25, 0.3) is 0 Å². The van der Waals surface area contributed by atoms with Gasteiger partial charge in [0.05, 0.1) is 11.7 Å². The fraction of sp³-hybridized carbons (Fsp3) is 0.0909. The number of halogens is 2. The van der Waals surface area contributed by atoms with Gasteiger partial charge in [-0.05, 0) is 41.5 Å². The molecule has 0 amide bonds. The molecular formula is C22H16Cl2N2S2. The standard InChI is InChI=1S/C22H16Cl2N2S2/c23-19-7-3-1-5-15(19)13-27-17-9-10-21-18(11-17)22(12-25-26-21)28-14-16-6-2-4-8-20(16)24/h1-12H,13-14H2. The summed E-state index contributed by atoms with van der Waals surface area (Å²) in [5, 5.41) is 11.1. The lowest BCUT2D eigenvalue weighted by Crippen LogP contribution is -1.89. The molecule has 1 heterocycles. The summed E-state index contributed by atoms with van der Waals surface area (Å²) in [4.78, 5) is 2.28. The van der Waals surface area contributed by atoms with Gasteiger partial charge in [0, 0.05) is 36.7 Å². The molecular weight excluding hydrogens is 427 g/mol. The molecule has 0 aliphatic heterocycles. The van der Waals surface area contributed by atoms with E-state index in [-0.39, 0.29) is 0 Å². The van der Waals surface area contributed by atoms with Crippen LogP contribution in [0.5, 0.6) is 0 Å². The van der Waals surface area contributed by atoms with E-state index >= 15 is 0 Å². The lowest BCUT2D eigenvalue weighted by Gasteiger charge is -2.09. The van der Waals surface area contributed by atoms with Crippen molar-refractivity contribution in [3.8, 4) is 0 Å². The largest absolute Gasteiger partial charge is 0.157 e. The Morgan fingerprint density at radius 2 is 1.39 bits per heavy atom. The summed E-state index contributed by atoms with van der Waals surface area (Å²) < 4.78 is 0. The SMILES string of the molecule is Clc1ccccc1CSc1ccc2nncc(SCc3ccccc3Cl)c2c1. The fourth-order valence-electron chi connectivity index (χ4n) is 2.77. The van der Waals surface area contributed by atoms with Crippen LogP contribution in [-0.2, 0) is 11.5 Å². The first-order valence-electron chi connectivity index (χ1n) is 8.68. The maximum Gasteiger partial charge on any atom is 0.0941 e. The van der Waals surface area contributed by atoms with Crippen molar-refractivity contribution in [3.63, 3.8) is 0 Å². The van der Waals surface area contributed by atoms with Crippen molar-refractivity contribution in [2.75, 3.05) is 0 Å². The van der Waals surface area contributed by atoms with Crippen molar-refractivity contribution < 1.29 is 0 Å². The zero-order chi connectivity index (χ0) is 19.3. The summed E-state index contributed by atoms with van der Waals surface area (Å²) in [6.07, 6.45) is 1.83. The van der Waals surface area contributed by atoms with Gasteiger partial charge in [-0.2, -0.15) is 10.2 Å². The van der Waals surface area contributed by atoms with Crippen LogP contribution in [0.2, 0.25) is 10.0 Å². The maximum atomic E-state index is 6.29. The zero-order valence-corrected chi connectivity index (χ0v) is 18.0. The molecule has 0 radical (unpaired) electrons. The van der Waals surface area contributed by atoms with E-state index in [1.54, 1.807) is 23.5 Å². The Labute approximate surface area is 182 Å². The monoisotopic (exact) mass is 442 g/mol. The van der Waals surface area contributed by atoms with Crippen molar-refractivity contribution in [1.82, 2.24) is 10.2 Å². The first kappa shape index (κ1) is 19.6. The Kier molecular flexibility index (Phi) is 6.43. The summed E-state index contributed by atoms with van der Waals surface area (Å²) in [6, 6.07) is 22.2. The molecule has 0 saturated heterocycles. The molecule has 3 aromatic carbocycles. The van der Waals surface area contributed by atoms with Crippen LogP contribution in [0.25, 0.3) is 10.9 Å². The smallest absolute Gasteiger partial charge is 0.0941 e. The van der Waals surface area contributed by atoms with Gasteiger partial charge in [-0.3, -0.25) is 0 Å². The number of nitrogens with zero attached hydrogens (tertiary/aromatic N) is 2. The number of hydrogen-bond acceptors (Lipinski definition) is 4. The third-order valence-electron chi connectivity index (χ3n) is 4.27. The second-order valence-corrected chi connectivity index (χ2v) is 9.03. The molecule has 4 rings (SSSR count). The molecule has 0 N–H and O–H groups in total. The van der Waals surface area contributed by atoms with Crippen LogP contribution in [0.1, 0.15) is 11.1 Å². The summed E-state index contributed by atoms with van der Waals surface area (Å²) in [5.74, 6) is 1.61. The van der Waals surface area contributed by atoms with Crippen LogP contribution in [0.3, 0.4) is 0 Å². The number of fused-ring (bicyclic) bond motifs is 1. The fourth-order valence-corrected chi connectivity index (χ4v) is 5.27. The molecule has 0 aliphatic carbocycles. The van der Waals surface area contributed by atoms with Crippen LogP contribution < -0.4 is 0 Å². The molecule has 0 aliphatic rings. The molecule has 6 heteroatoms. The molecule has 2 nitrogen and oxygen atoms in total. The lowest BCUT2D eigenvalue weighted by atomic mass is 10.2. The third-order valence-corrected chi connectivity index (χ3v) is 7.14. The Morgan fingerprint density at radius 1 is 0.750 bits per heavy atom. The summed E-state index contributed by atoms with van der Waals surface area (Å²) >= 11 is 16.1. The minimum absolute atomic E-state index is 0.789. The predicted molar refractivity (Wildman–Crippen MR) is 122 cm³/mol. The van der Waals surface area contributed by atoms with Crippen molar-refractivity contribution in [3.05, 3.63) is 94.1 Å². The van der Waals surface area contributed by atoms with E-state index in [2.05, 4.69) is 34.5 Å². The van der Waals surface area contributed by atoms with Crippen molar-refractivity contribution in [2.45, 2.75) is 21.3 Å². The van der Waals surface area contributed by atoms with Gasteiger partial charge < -0.3 is 0 Å². The van der Waals surface area contributed by atoms with Gasteiger partial charge in [0.1, 0.15) is 0 Å². The summed E-state index contributed by atoms with van der Waals surface area (Å²) in [7, 11) is 0. The van der Waals surface area contributed by atoms with Crippen LogP contribution in [0.4, 0.5) is 0 Å². The van der Waals surface area contributed by atoms with E-state index in [4.69, 9.17) is 23.2 Å². The molecule has 0 spiro atoms. The minimum atomic E-state index is 0.789. The lowest BCUT2D eigenvalue weighted by molar-refractivity contribution is 1.04. The average Bonchev–Trinajstić information content (AvgIpc) is 2.72. The van der Waals surface area contributed by atoms with Crippen molar-refractivity contribution >= 4 is 57.6 Å². The van der Waals surface area contributed by atoms with Gasteiger partial charge in [-0.15, -0.1) is 23.5 Å². The molecule has 4 aromatic rings. The molecule has 1 aromatic heterocycles. The molecule has 0 unspecified atom stereocenters. The summed E-state index contributed by atoms with van der Waals surface area (Å²) in [5.41, 5.74) is 3.14. The molecule has 0 saturated carbocycles. The molecule has 0 atom stereocenters. The zero-order valence-electron chi connectivity index (χ0n) is 14.8. The number of hydrogen-bond donors (Lipinski definition) is 0. The van der Waals surface area contributed by atoms with E-state index in [1.165, 1.54) is 4.90 Å². The highest BCUT2D eigenvalue weighted by atomic mass is 35.5. The van der Waals surface area contributed by atoms with Crippen molar-refractivity contribution in [1.29, 1.82) is 0 Å². The molecule has 0 bridgehead atoms. The van der Waals surface area contributed by atoms with E-state index in [0.717, 1.165) is 48.5 Å². The van der Waals surface area contributed by atoms with E-state index in [1.807, 2.05) is 48.7 Å². The average molecular weight is 443 g/mol. The first-order chi connectivity index (χ1) is 13.7. The Balaban J connectivity index is 1.55. The molecule has 28 heavy (non-hydrogen) atoms. The highest BCUT2D eigenvalue weighted by Gasteiger charge is 2.08. The van der Waals surface area contributed by atoms with Crippen LogP contribution >= 0.6 is 46.7 Å². The third kappa shape index (κ3) is 4.64. The normalized spacial score (nSPS) is 11.1. The highest BCUT2D eigenvalue weighted by Crippen LogP contribution is 2.34. The Morgan fingerprint density at radius 3 is 2.07 bits per heavy atom. The number of rotatable bonds is 6. The predicted octanol–water partition coefficient (Wildman–Crippen LogP) is 7.52. The van der Waals surface area contributed by atoms with E-state index in [0.29, 0.717) is 0 Å². The Hall–Kier alpha value is -1.72. The number of benzene rings is 3. The Bertz CT molecular complexity index is 1120. The van der Waals surface area contributed by atoms with Gasteiger partial charge >= 0.3 is 0 Å². The molecule has 0 fully saturated rings. The quantitative estimate of drug-likeness (QED) is 0.288. The minimum Gasteiger partial charge on any atom is -0.157 e. The summed E-state index contributed by atoms with van der Waals surface area (Å²) in [6.45, 7) is 0. The maximum absolute atomic E-state index is 6.29. The second-order valence-electron chi connectivity index (χ2n) is 6.15. The van der Waals surface area contributed by atoms with Gasteiger partial charge in [-0.1, -0.05) is 59.6 Å². The van der Waals surface area contributed by atoms with E-state index in [9.17, 15) is 0 Å². The van der Waals surface area contributed by atoms with E-state index < -0.39 is 0 Å². The molecule has 140 valence electrons. The highest BCUT2D eigenvalue weighted by molar-refractivity contribution is 7.99. The van der Waals surface area contributed by atoms with Crippen LogP contribution in [-0.4, -0.2) is 10.2 Å². The first-order valence-corrected chi connectivity index (χ1v) is 11.4.